The van der Waals surface area contributed by atoms with Crippen molar-refractivity contribution in [1.29, 1.82) is 0 Å². The Balaban J connectivity index is 1.61. The van der Waals surface area contributed by atoms with E-state index >= 15 is 0 Å². The fourth-order valence-electron chi connectivity index (χ4n) is 5.76. The van der Waals surface area contributed by atoms with Gasteiger partial charge in [-0.05, 0) is 94.3 Å². The van der Waals surface area contributed by atoms with Gasteiger partial charge >= 0.3 is 0 Å². The van der Waals surface area contributed by atoms with Crippen LogP contribution in [-0.4, -0.2) is 43.8 Å². The summed E-state index contributed by atoms with van der Waals surface area (Å²) >= 11 is 0. The van der Waals surface area contributed by atoms with E-state index in [-0.39, 0.29) is 48.0 Å². The van der Waals surface area contributed by atoms with Gasteiger partial charge in [0.25, 0.3) is 11.5 Å². The number of aryl methyl sites for hydroxylation is 1. The van der Waals surface area contributed by atoms with Crippen LogP contribution in [0.2, 0.25) is 18.1 Å². The fourth-order valence-corrected chi connectivity index (χ4v) is 6.71. The van der Waals surface area contributed by atoms with Gasteiger partial charge in [-0.25, -0.2) is 8.78 Å². The van der Waals surface area contributed by atoms with E-state index in [0.29, 0.717) is 42.9 Å². The van der Waals surface area contributed by atoms with Crippen LogP contribution in [-0.2, 0) is 17.6 Å². The van der Waals surface area contributed by atoms with E-state index in [1.54, 1.807) is 6.07 Å². The van der Waals surface area contributed by atoms with Crippen LogP contribution in [0.1, 0.15) is 105 Å². The first-order valence-electron chi connectivity index (χ1n) is 16.1. The molecule has 1 amide bonds. The first-order chi connectivity index (χ1) is 20.5. The maximum absolute atomic E-state index is 14.0. The average Bonchev–Trinajstić information content (AvgIpc) is 2.90. The van der Waals surface area contributed by atoms with E-state index in [4.69, 9.17) is 9.16 Å². The third-order valence-electron chi connectivity index (χ3n) is 9.91. The first-order valence-corrected chi connectivity index (χ1v) is 19.0. The van der Waals surface area contributed by atoms with Gasteiger partial charge in [0.15, 0.2) is 8.32 Å². The average molecular weight is 632 g/mol. The molecule has 0 unspecified atom stereocenters. The molecule has 2 aliphatic carbocycles. The van der Waals surface area contributed by atoms with Crippen LogP contribution in [0.3, 0.4) is 0 Å². The number of carbonyl (C=O) groups is 1. The molecule has 1 aromatic heterocycles. The number of amides is 1. The molecule has 2 fully saturated rings. The second-order valence-corrected chi connectivity index (χ2v) is 19.0. The molecule has 4 rings (SSSR count). The zero-order valence-corrected chi connectivity index (χ0v) is 28.8. The van der Waals surface area contributed by atoms with E-state index in [1.807, 2.05) is 32.9 Å². The minimum atomic E-state index is -2.62. The number of ether oxygens (including phenoxy) is 1. The monoisotopic (exact) mass is 631 g/mol. The van der Waals surface area contributed by atoms with Crippen LogP contribution in [0.15, 0.2) is 23.0 Å². The van der Waals surface area contributed by atoms with Gasteiger partial charge in [0.1, 0.15) is 5.75 Å². The van der Waals surface area contributed by atoms with Crippen molar-refractivity contribution >= 4 is 19.9 Å². The molecule has 0 spiro atoms. The van der Waals surface area contributed by atoms with Crippen molar-refractivity contribution in [2.45, 2.75) is 136 Å². The Bertz CT molecular complexity index is 1390. The van der Waals surface area contributed by atoms with Crippen LogP contribution in [0.5, 0.6) is 5.75 Å². The molecule has 1 heterocycles. The summed E-state index contributed by atoms with van der Waals surface area (Å²) in [5.41, 5.74) is 3.79. The smallest absolute Gasteiger partial charge is 0.253 e. The molecule has 2 N–H and O–H groups in total. The molecule has 0 saturated heterocycles. The van der Waals surface area contributed by atoms with Crippen molar-refractivity contribution < 1.29 is 22.7 Å². The van der Waals surface area contributed by atoms with E-state index < -0.39 is 14.2 Å². The van der Waals surface area contributed by atoms with Crippen molar-refractivity contribution in [3.63, 3.8) is 0 Å². The van der Waals surface area contributed by atoms with Crippen LogP contribution in [0, 0.1) is 13.8 Å². The summed E-state index contributed by atoms with van der Waals surface area (Å²) in [6, 6.07) is 5.61. The largest absolute Gasteiger partial charge is 0.490 e. The second-order valence-electron chi connectivity index (χ2n) is 14.2. The molecule has 0 radical (unpaired) electrons. The zero-order chi connectivity index (χ0) is 32.4. The standard InChI is InChI=1S/C34H51F2N3O4Si/c1-9-39(25-13-15-34(35,36)16-14-25)30-19-27(43-26-11-10-12-26)18-28(23(30)3)31(40)37-20-29-24(17-22(2)38-32(29)41)21-42-44(7,8)33(4,5)6/h17-19,25-26H,9-16,20-21H2,1-8H3,(H,37,40)(H,38,41). The van der Waals surface area contributed by atoms with E-state index in [2.05, 4.69) is 49.1 Å². The maximum atomic E-state index is 14.0. The third-order valence-corrected chi connectivity index (χ3v) is 14.4. The fraction of sp³-hybridized carbons (Fsp3) is 0.647. The molecule has 2 aliphatic rings. The number of hydrogen-bond donors (Lipinski definition) is 2. The Kier molecular flexibility index (Phi) is 10.3. The molecule has 2 aromatic rings. The third kappa shape index (κ3) is 7.91. The van der Waals surface area contributed by atoms with E-state index in [9.17, 15) is 18.4 Å². The van der Waals surface area contributed by atoms with Gasteiger partial charge in [-0.3, -0.25) is 9.59 Å². The molecule has 44 heavy (non-hydrogen) atoms. The Morgan fingerprint density at radius 2 is 1.77 bits per heavy atom. The van der Waals surface area contributed by atoms with Gasteiger partial charge in [0, 0.05) is 60.5 Å². The number of H-pyrrole nitrogens is 1. The zero-order valence-electron chi connectivity index (χ0n) is 27.8. The number of pyridine rings is 1. The summed E-state index contributed by atoms with van der Waals surface area (Å²) in [6.07, 6.45) is 3.68. The highest BCUT2D eigenvalue weighted by molar-refractivity contribution is 6.74. The lowest BCUT2D eigenvalue weighted by Crippen LogP contribution is -2.41. The Morgan fingerprint density at radius 3 is 2.34 bits per heavy atom. The number of aromatic amines is 1. The van der Waals surface area contributed by atoms with Crippen molar-refractivity contribution in [1.82, 2.24) is 10.3 Å². The van der Waals surface area contributed by atoms with Gasteiger partial charge in [-0.1, -0.05) is 20.8 Å². The predicted molar refractivity (Wildman–Crippen MR) is 175 cm³/mol. The van der Waals surface area contributed by atoms with E-state index in [1.165, 1.54) is 0 Å². The highest BCUT2D eigenvalue weighted by Gasteiger charge is 2.38. The molecule has 1 aromatic carbocycles. The summed E-state index contributed by atoms with van der Waals surface area (Å²) in [5, 5.41) is 3.01. The molecule has 10 heteroatoms. The van der Waals surface area contributed by atoms with Gasteiger partial charge in [-0.15, -0.1) is 0 Å². The number of nitrogens with one attached hydrogen (secondary N) is 2. The number of rotatable bonds is 11. The number of aromatic nitrogens is 1. The lowest BCUT2D eigenvalue weighted by Gasteiger charge is -2.39. The van der Waals surface area contributed by atoms with Gasteiger partial charge < -0.3 is 24.4 Å². The molecule has 0 bridgehead atoms. The number of benzene rings is 1. The van der Waals surface area contributed by atoms with Crippen LogP contribution >= 0.6 is 0 Å². The van der Waals surface area contributed by atoms with Gasteiger partial charge in [0.2, 0.25) is 5.92 Å². The van der Waals surface area contributed by atoms with Crippen molar-refractivity contribution in [3.05, 3.63) is 56.5 Å². The molecule has 0 aliphatic heterocycles. The Morgan fingerprint density at radius 1 is 1.11 bits per heavy atom. The summed E-state index contributed by atoms with van der Waals surface area (Å²) in [4.78, 5) is 31.9. The summed E-state index contributed by atoms with van der Waals surface area (Å²) in [7, 11) is -2.07. The topological polar surface area (TPSA) is 83.7 Å². The Labute approximate surface area is 262 Å². The van der Waals surface area contributed by atoms with Crippen LogP contribution < -0.4 is 20.5 Å². The number of anilines is 1. The van der Waals surface area contributed by atoms with Gasteiger partial charge in [0.05, 0.1) is 12.7 Å². The number of halogens is 2. The number of alkyl halides is 2. The second kappa shape index (κ2) is 13.3. The van der Waals surface area contributed by atoms with Crippen molar-refractivity contribution in [2.75, 3.05) is 11.4 Å². The van der Waals surface area contributed by atoms with Crippen molar-refractivity contribution in [2.24, 2.45) is 0 Å². The minimum Gasteiger partial charge on any atom is -0.490 e. The summed E-state index contributed by atoms with van der Waals surface area (Å²) in [5.74, 6) is -2.32. The highest BCUT2D eigenvalue weighted by Crippen LogP contribution is 2.40. The first kappa shape index (κ1) is 34.2. The summed E-state index contributed by atoms with van der Waals surface area (Å²) in [6.45, 7) is 17.6. The lowest BCUT2D eigenvalue weighted by atomic mass is 9.90. The number of nitrogens with zero attached hydrogens (tertiary/aromatic N) is 1. The maximum Gasteiger partial charge on any atom is 0.253 e. The number of carbonyl (C=O) groups excluding carboxylic acids is 1. The van der Waals surface area contributed by atoms with Gasteiger partial charge in [-0.2, -0.15) is 0 Å². The van der Waals surface area contributed by atoms with Crippen molar-refractivity contribution in [3.8, 4) is 5.75 Å². The molecule has 0 atom stereocenters. The SMILES string of the molecule is CCN(c1cc(OC2CCC2)cc(C(=O)NCc2c(CO[Si](C)(C)C(C)(C)C)cc(C)[nH]c2=O)c1C)C1CCC(F)(F)CC1. The number of hydrogen-bond acceptors (Lipinski definition) is 5. The molecule has 244 valence electrons. The Hall–Kier alpha value is -2.72. The molecular weight excluding hydrogens is 580 g/mol. The molecular formula is C34H51F2N3O4Si. The molecule has 7 nitrogen and oxygen atoms in total. The lowest BCUT2D eigenvalue weighted by molar-refractivity contribution is -0.0380. The van der Waals surface area contributed by atoms with Crippen LogP contribution in [0.4, 0.5) is 14.5 Å². The van der Waals surface area contributed by atoms with E-state index in [0.717, 1.165) is 41.8 Å². The quantitative estimate of drug-likeness (QED) is 0.248. The molecule has 2 saturated carbocycles. The van der Waals surface area contributed by atoms with Crippen LogP contribution in [0.25, 0.3) is 0 Å². The summed E-state index contributed by atoms with van der Waals surface area (Å²) < 4.78 is 40.7. The highest BCUT2D eigenvalue weighted by atomic mass is 28.4. The predicted octanol–water partition coefficient (Wildman–Crippen LogP) is 7.78. The minimum absolute atomic E-state index is 0.0182. The normalized spacial score (nSPS) is 17.7.